The highest BCUT2D eigenvalue weighted by atomic mass is 32.2. The molecular formula is C23H25NO4S. The molecule has 29 heavy (non-hydrogen) atoms. The molecule has 1 aliphatic rings. The molecule has 2 aromatic carbocycles. The fourth-order valence-corrected chi connectivity index (χ4v) is 4.00. The molecule has 6 heteroatoms. The minimum atomic E-state index is -0.314. The van der Waals surface area contributed by atoms with Crippen molar-refractivity contribution in [3.63, 3.8) is 0 Å². The largest absolute Gasteiger partial charge is 0.497 e. The molecule has 1 aliphatic heterocycles. The Bertz CT molecular complexity index is 917. The van der Waals surface area contributed by atoms with E-state index in [-0.39, 0.29) is 17.1 Å². The molecule has 3 rings (SSSR count). The Hall–Kier alpha value is -2.73. The van der Waals surface area contributed by atoms with E-state index in [1.807, 2.05) is 45.0 Å². The van der Waals surface area contributed by atoms with Crippen LogP contribution in [0.25, 0.3) is 5.57 Å². The van der Waals surface area contributed by atoms with Gasteiger partial charge in [0.25, 0.3) is 11.8 Å². The predicted octanol–water partition coefficient (Wildman–Crippen LogP) is 4.91. The van der Waals surface area contributed by atoms with Crippen molar-refractivity contribution < 1.29 is 19.1 Å². The molecule has 0 fully saturated rings. The molecule has 0 saturated heterocycles. The molecule has 2 aromatic rings. The highest BCUT2D eigenvalue weighted by molar-refractivity contribution is 8.04. The summed E-state index contributed by atoms with van der Waals surface area (Å²) in [5.74, 6) is 0.809. The van der Waals surface area contributed by atoms with Crippen LogP contribution in [-0.4, -0.2) is 30.8 Å². The van der Waals surface area contributed by atoms with E-state index in [0.29, 0.717) is 34.1 Å². The Kier molecular flexibility index (Phi) is 6.64. The molecule has 0 spiro atoms. The Morgan fingerprint density at radius 3 is 2.10 bits per heavy atom. The van der Waals surface area contributed by atoms with E-state index < -0.39 is 0 Å². The van der Waals surface area contributed by atoms with Gasteiger partial charge in [-0.05, 0) is 48.4 Å². The first-order chi connectivity index (χ1) is 14.0. The van der Waals surface area contributed by atoms with Crippen LogP contribution in [0.5, 0.6) is 11.5 Å². The quantitative estimate of drug-likeness (QED) is 0.578. The van der Waals surface area contributed by atoms with Gasteiger partial charge in [-0.15, -0.1) is 11.8 Å². The number of amides is 2. The number of nitrogens with zero attached hydrogens (tertiary/aromatic N) is 1. The first-order valence-electron chi connectivity index (χ1n) is 9.63. The van der Waals surface area contributed by atoms with Gasteiger partial charge in [-0.2, -0.15) is 0 Å². The number of imide groups is 1. The van der Waals surface area contributed by atoms with E-state index in [1.54, 1.807) is 31.4 Å². The molecule has 0 aromatic heterocycles. The minimum absolute atomic E-state index is 0.166. The van der Waals surface area contributed by atoms with E-state index >= 15 is 0 Å². The number of anilines is 1. The highest BCUT2D eigenvalue weighted by Gasteiger charge is 2.40. The number of ether oxygens (including phenoxy) is 2. The molecule has 0 bridgehead atoms. The third kappa shape index (κ3) is 4.48. The maximum absolute atomic E-state index is 13.3. The van der Waals surface area contributed by atoms with Crippen LogP contribution in [0.4, 0.5) is 5.69 Å². The average molecular weight is 412 g/mol. The number of methoxy groups -OCH3 is 1. The van der Waals surface area contributed by atoms with E-state index in [9.17, 15) is 9.59 Å². The molecule has 1 heterocycles. The van der Waals surface area contributed by atoms with Gasteiger partial charge in [-0.1, -0.05) is 32.9 Å². The Labute approximate surface area is 175 Å². The number of benzene rings is 2. The fraction of sp³-hybridized carbons (Fsp3) is 0.304. The molecule has 0 saturated carbocycles. The second-order valence-electron chi connectivity index (χ2n) is 6.89. The lowest BCUT2D eigenvalue weighted by Gasteiger charge is -2.16. The second-order valence-corrected chi connectivity index (χ2v) is 8.47. The van der Waals surface area contributed by atoms with Crippen molar-refractivity contribution in [1.82, 2.24) is 0 Å². The summed E-state index contributed by atoms with van der Waals surface area (Å²) < 4.78 is 10.8. The van der Waals surface area contributed by atoms with Crippen molar-refractivity contribution in [2.24, 2.45) is 0 Å². The molecular weight excluding hydrogens is 386 g/mol. The number of hydrogen-bond acceptors (Lipinski definition) is 5. The summed E-state index contributed by atoms with van der Waals surface area (Å²) in [6.45, 7) is 6.69. The van der Waals surface area contributed by atoms with E-state index in [2.05, 4.69) is 0 Å². The molecule has 0 unspecified atom stereocenters. The third-order valence-corrected chi connectivity index (χ3v) is 5.43. The van der Waals surface area contributed by atoms with Crippen molar-refractivity contribution in [2.45, 2.75) is 32.4 Å². The van der Waals surface area contributed by atoms with Crippen molar-refractivity contribution in [1.29, 1.82) is 0 Å². The van der Waals surface area contributed by atoms with Crippen LogP contribution in [0.3, 0.4) is 0 Å². The third-order valence-electron chi connectivity index (χ3n) is 4.34. The van der Waals surface area contributed by atoms with Crippen LogP contribution < -0.4 is 14.4 Å². The normalized spacial score (nSPS) is 14.2. The van der Waals surface area contributed by atoms with Crippen molar-refractivity contribution >= 4 is 34.8 Å². The van der Waals surface area contributed by atoms with Crippen molar-refractivity contribution in [3.05, 3.63) is 59.0 Å². The molecule has 2 amide bonds. The summed E-state index contributed by atoms with van der Waals surface area (Å²) >= 11 is 1.41. The molecule has 0 aliphatic carbocycles. The van der Waals surface area contributed by atoms with Crippen LogP contribution in [0.1, 0.15) is 32.8 Å². The summed E-state index contributed by atoms with van der Waals surface area (Å²) in [6, 6.07) is 14.3. The van der Waals surface area contributed by atoms with E-state index in [4.69, 9.17) is 9.47 Å². The molecule has 0 radical (unpaired) electrons. The lowest BCUT2D eigenvalue weighted by atomic mass is 10.1. The smallest absolute Gasteiger partial charge is 0.272 e. The summed E-state index contributed by atoms with van der Waals surface area (Å²) in [6.07, 6.45) is 0.923. The average Bonchev–Trinajstić information content (AvgIpc) is 2.96. The summed E-state index contributed by atoms with van der Waals surface area (Å²) in [7, 11) is 1.58. The highest BCUT2D eigenvalue weighted by Crippen LogP contribution is 2.40. The predicted molar refractivity (Wildman–Crippen MR) is 117 cm³/mol. The number of thioether (sulfide) groups is 1. The lowest BCUT2D eigenvalue weighted by molar-refractivity contribution is -0.119. The Balaban J connectivity index is 1.98. The van der Waals surface area contributed by atoms with Crippen LogP contribution in [0.15, 0.2) is 53.4 Å². The van der Waals surface area contributed by atoms with Gasteiger partial charge in [0.1, 0.15) is 11.5 Å². The van der Waals surface area contributed by atoms with Gasteiger partial charge in [-0.25, -0.2) is 4.90 Å². The molecule has 152 valence electrons. The van der Waals surface area contributed by atoms with Crippen LogP contribution in [-0.2, 0) is 9.59 Å². The number of rotatable bonds is 8. The van der Waals surface area contributed by atoms with Crippen LogP contribution in [0.2, 0.25) is 0 Å². The number of hydrogen-bond donors (Lipinski definition) is 0. The van der Waals surface area contributed by atoms with E-state index in [1.165, 1.54) is 16.7 Å². The Morgan fingerprint density at radius 1 is 0.931 bits per heavy atom. The lowest BCUT2D eigenvalue weighted by Crippen LogP contribution is -2.31. The molecule has 5 nitrogen and oxygen atoms in total. The zero-order valence-corrected chi connectivity index (χ0v) is 17.9. The van der Waals surface area contributed by atoms with Gasteiger partial charge in [0.05, 0.1) is 29.9 Å². The minimum Gasteiger partial charge on any atom is -0.497 e. The van der Waals surface area contributed by atoms with Crippen molar-refractivity contribution in [3.8, 4) is 11.5 Å². The number of carbonyl (C=O) groups excluding carboxylic acids is 2. The maximum atomic E-state index is 13.3. The standard InChI is InChI=1S/C23H25NO4S/c1-5-14-28-19-10-6-16(7-11-19)20-21(29-15(2)3)23(26)24(22(20)25)17-8-12-18(27-4)13-9-17/h6-13,15H,5,14H2,1-4H3. The fourth-order valence-electron chi connectivity index (χ4n) is 3.01. The number of carbonyl (C=O) groups is 2. The summed E-state index contributed by atoms with van der Waals surface area (Å²) in [5, 5.41) is 0.166. The molecule has 0 atom stereocenters. The second kappa shape index (κ2) is 9.18. The summed E-state index contributed by atoms with van der Waals surface area (Å²) in [5.41, 5.74) is 1.68. The summed E-state index contributed by atoms with van der Waals surface area (Å²) in [4.78, 5) is 28.2. The first-order valence-corrected chi connectivity index (χ1v) is 10.5. The monoisotopic (exact) mass is 411 g/mol. The van der Waals surface area contributed by atoms with Crippen LogP contribution >= 0.6 is 11.8 Å². The van der Waals surface area contributed by atoms with Gasteiger partial charge in [0.2, 0.25) is 0 Å². The van der Waals surface area contributed by atoms with Crippen LogP contribution in [0, 0.1) is 0 Å². The first kappa shape index (κ1) is 21.0. The maximum Gasteiger partial charge on any atom is 0.272 e. The topological polar surface area (TPSA) is 55.8 Å². The Morgan fingerprint density at radius 2 is 1.55 bits per heavy atom. The van der Waals surface area contributed by atoms with Gasteiger partial charge in [0.15, 0.2) is 0 Å². The molecule has 0 N–H and O–H groups in total. The van der Waals surface area contributed by atoms with E-state index in [0.717, 1.165) is 12.2 Å². The SMILES string of the molecule is CCCOc1ccc(C2=C(SC(C)C)C(=O)N(c3ccc(OC)cc3)C2=O)cc1. The van der Waals surface area contributed by atoms with Gasteiger partial charge >= 0.3 is 0 Å². The van der Waals surface area contributed by atoms with Gasteiger partial charge in [-0.3, -0.25) is 9.59 Å². The van der Waals surface area contributed by atoms with Gasteiger partial charge in [0, 0.05) is 5.25 Å². The zero-order valence-electron chi connectivity index (χ0n) is 17.1. The van der Waals surface area contributed by atoms with Gasteiger partial charge < -0.3 is 9.47 Å². The zero-order chi connectivity index (χ0) is 21.0. The van der Waals surface area contributed by atoms with Crippen molar-refractivity contribution in [2.75, 3.05) is 18.6 Å².